The number of fused-ring (bicyclic) bond motifs is 3. The molecular formula is C41H42N4S. The molecule has 1 heterocycles. The average Bonchev–Trinajstić information content (AvgIpc) is 3.35. The smallest absolute Gasteiger partial charge is 0.169 e. The van der Waals surface area contributed by atoms with Crippen molar-refractivity contribution >= 4 is 57.6 Å². The van der Waals surface area contributed by atoms with Crippen molar-refractivity contribution in [1.29, 1.82) is 0 Å². The normalized spacial score (nSPS) is 15.8. The van der Waals surface area contributed by atoms with Crippen molar-refractivity contribution in [3.05, 3.63) is 150 Å². The summed E-state index contributed by atoms with van der Waals surface area (Å²) >= 11 is 4.84. The van der Waals surface area contributed by atoms with Crippen LogP contribution < -0.4 is 10.6 Å². The number of thiol groups is 1. The van der Waals surface area contributed by atoms with Gasteiger partial charge in [-0.2, -0.15) is 0 Å². The summed E-state index contributed by atoms with van der Waals surface area (Å²) in [6, 6.07) is 35.6. The van der Waals surface area contributed by atoms with Crippen molar-refractivity contribution in [2.45, 2.75) is 51.6 Å². The molecule has 1 atom stereocenters. The number of benzene rings is 5. The van der Waals surface area contributed by atoms with Crippen LogP contribution >= 0.6 is 12.6 Å². The predicted octanol–water partition coefficient (Wildman–Crippen LogP) is 11.1. The highest BCUT2D eigenvalue weighted by molar-refractivity contribution is 7.80. The van der Waals surface area contributed by atoms with E-state index in [2.05, 4.69) is 96.1 Å². The first-order valence-corrected chi connectivity index (χ1v) is 16.1. The van der Waals surface area contributed by atoms with E-state index in [0.29, 0.717) is 0 Å². The van der Waals surface area contributed by atoms with E-state index < -0.39 is 0 Å². The SMILES string of the molecule is C.C=Cc1ccc2c(ccc3cccc(NC4=CCCCC(C5=NC(c6ccccc6)N=C(c6ccccc6)N5)=C4)c32)c1S.CC. The Morgan fingerprint density at radius 1 is 0.826 bits per heavy atom. The van der Waals surface area contributed by atoms with Crippen LogP contribution in [0.25, 0.3) is 27.6 Å². The van der Waals surface area contributed by atoms with Crippen LogP contribution in [0.3, 0.4) is 0 Å². The highest BCUT2D eigenvalue weighted by Gasteiger charge is 2.22. The molecule has 0 bridgehead atoms. The molecule has 0 saturated heterocycles. The Balaban J connectivity index is 0.00000136. The number of amidine groups is 2. The van der Waals surface area contributed by atoms with Gasteiger partial charge in [-0.1, -0.05) is 137 Å². The molecule has 46 heavy (non-hydrogen) atoms. The highest BCUT2D eigenvalue weighted by Crippen LogP contribution is 2.37. The van der Waals surface area contributed by atoms with E-state index in [4.69, 9.17) is 22.6 Å². The number of hydrogen-bond donors (Lipinski definition) is 3. The third-order valence-electron chi connectivity index (χ3n) is 8.08. The van der Waals surface area contributed by atoms with Crippen LogP contribution in [-0.2, 0) is 0 Å². The number of anilines is 1. The van der Waals surface area contributed by atoms with E-state index in [9.17, 15) is 0 Å². The van der Waals surface area contributed by atoms with Gasteiger partial charge >= 0.3 is 0 Å². The van der Waals surface area contributed by atoms with Crippen LogP contribution in [0.2, 0.25) is 0 Å². The summed E-state index contributed by atoms with van der Waals surface area (Å²) in [5.41, 5.74) is 6.45. The fourth-order valence-corrected chi connectivity index (χ4v) is 6.25. The molecule has 0 fully saturated rings. The molecular weight excluding hydrogens is 581 g/mol. The number of nitrogens with one attached hydrogen (secondary N) is 2. The van der Waals surface area contributed by atoms with E-state index >= 15 is 0 Å². The first-order valence-electron chi connectivity index (χ1n) is 15.7. The van der Waals surface area contributed by atoms with Gasteiger partial charge in [0.1, 0.15) is 11.7 Å². The van der Waals surface area contributed by atoms with Crippen molar-refractivity contribution in [1.82, 2.24) is 5.32 Å². The summed E-state index contributed by atoms with van der Waals surface area (Å²) in [5, 5.41) is 12.0. The molecule has 4 nitrogen and oxygen atoms in total. The Kier molecular flexibility index (Phi) is 10.6. The molecule has 232 valence electrons. The highest BCUT2D eigenvalue weighted by atomic mass is 32.1. The van der Waals surface area contributed by atoms with Crippen LogP contribution in [-0.4, -0.2) is 11.7 Å². The summed E-state index contributed by atoms with van der Waals surface area (Å²) in [5.74, 6) is 1.71. The lowest BCUT2D eigenvalue weighted by Gasteiger charge is -2.23. The van der Waals surface area contributed by atoms with E-state index in [-0.39, 0.29) is 13.6 Å². The lowest BCUT2D eigenvalue weighted by molar-refractivity contribution is 0.750. The van der Waals surface area contributed by atoms with Crippen molar-refractivity contribution in [3.8, 4) is 0 Å². The Morgan fingerprint density at radius 3 is 2.30 bits per heavy atom. The van der Waals surface area contributed by atoms with Crippen LogP contribution in [0.4, 0.5) is 5.69 Å². The van der Waals surface area contributed by atoms with Crippen LogP contribution in [0, 0.1) is 0 Å². The quantitative estimate of drug-likeness (QED) is 0.130. The second-order valence-electron chi connectivity index (χ2n) is 10.8. The Morgan fingerprint density at radius 2 is 1.54 bits per heavy atom. The van der Waals surface area contributed by atoms with Gasteiger partial charge < -0.3 is 10.6 Å². The van der Waals surface area contributed by atoms with Gasteiger partial charge in [-0.05, 0) is 64.3 Å². The summed E-state index contributed by atoms with van der Waals surface area (Å²) in [7, 11) is 0. The first-order chi connectivity index (χ1) is 22.2. The van der Waals surface area contributed by atoms with E-state index in [1.165, 1.54) is 21.7 Å². The molecule has 5 aromatic rings. The zero-order valence-electron chi connectivity index (χ0n) is 25.8. The number of hydrogen-bond acceptors (Lipinski definition) is 5. The maximum absolute atomic E-state index is 5.13. The van der Waals surface area contributed by atoms with Crippen LogP contribution in [0.1, 0.15) is 63.4 Å². The Hall–Kier alpha value is -4.87. The largest absolute Gasteiger partial charge is 0.355 e. The molecule has 2 N–H and O–H groups in total. The molecule has 0 radical (unpaired) electrons. The number of rotatable bonds is 6. The van der Waals surface area contributed by atoms with Crippen LogP contribution in [0.15, 0.2) is 148 Å². The standard InChI is InChI=1S/C38H32N4S.C2H6.CH4/c1-2-25-20-22-31-32(35(25)43)23-21-26-17-11-19-33(34(26)31)39-30-18-10-9-16-29(24-30)38-41-36(27-12-5-3-6-13-27)40-37(42-38)28-14-7-4-8-15-28;1-2;/h2-8,11-15,17-24,36,39,43H,1,9-10,16H2,(H,40,41,42);1-2H3;1H4. The molecule has 0 spiro atoms. The number of allylic oxidation sites excluding steroid dienone is 2. The van der Waals surface area contributed by atoms with Gasteiger partial charge in [-0.15, -0.1) is 12.6 Å². The van der Waals surface area contributed by atoms with Gasteiger partial charge in [0, 0.05) is 27.2 Å². The minimum Gasteiger partial charge on any atom is -0.355 e. The van der Waals surface area contributed by atoms with Crippen molar-refractivity contribution in [3.63, 3.8) is 0 Å². The average molecular weight is 623 g/mol. The number of aliphatic imine (C=N–C) groups is 2. The topological polar surface area (TPSA) is 48.8 Å². The maximum Gasteiger partial charge on any atom is 0.169 e. The zero-order valence-corrected chi connectivity index (χ0v) is 26.7. The Labute approximate surface area is 278 Å². The van der Waals surface area contributed by atoms with Gasteiger partial charge in [0.25, 0.3) is 0 Å². The van der Waals surface area contributed by atoms with Gasteiger partial charge in [0.2, 0.25) is 0 Å². The molecule has 5 aromatic carbocycles. The lowest BCUT2D eigenvalue weighted by atomic mass is 9.98. The fourth-order valence-electron chi connectivity index (χ4n) is 5.89. The van der Waals surface area contributed by atoms with E-state index in [1.54, 1.807) is 0 Å². The zero-order chi connectivity index (χ0) is 31.2. The van der Waals surface area contributed by atoms with E-state index in [1.807, 2.05) is 56.3 Å². The Bertz CT molecular complexity index is 1970. The summed E-state index contributed by atoms with van der Waals surface area (Å²) < 4.78 is 0. The first kappa shape index (κ1) is 32.5. The molecule has 1 unspecified atom stereocenters. The summed E-state index contributed by atoms with van der Waals surface area (Å²) in [6.07, 6.45) is 9.03. The molecule has 0 amide bonds. The number of nitrogens with zero attached hydrogens (tertiary/aromatic N) is 2. The fraction of sp³-hybridized carbons (Fsp3) is 0.171. The summed E-state index contributed by atoms with van der Waals surface area (Å²) in [4.78, 5) is 11.1. The van der Waals surface area contributed by atoms with Crippen molar-refractivity contribution in [2.24, 2.45) is 9.98 Å². The monoisotopic (exact) mass is 622 g/mol. The van der Waals surface area contributed by atoms with Crippen molar-refractivity contribution < 1.29 is 0 Å². The molecule has 1 aliphatic carbocycles. The minimum atomic E-state index is -0.308. The van der Waals surface area contributed by atoms with Gasteiger partial charge in [-0.25, -0.2) is 9.98 Å². The molecule has 5 heteroatoms. The second-order valence-corrected chi connectivity index (χ2v) is 11.3. The van der Waals surface area contributed by atoms with Crippen molar-refractivity contribution in [2.75, 3.05) is 5.32 Å². The van der Waals surface area contributed by atoms with Crippen LogP contribution in [0.5, 0.6) is 0 Å². The van der Waals surface area contributed by atoms with Gasteiger partial charge in [0.15, 0.2) is 6.17 Å². The predicted molar refractivity (Wildman–Crippen MR) is 203 cm³/mol. The van der Waals surface area contributed by atoms with Gasteiger partial charge in [-0.3, -0.25) is 0 Å². The van der Waals surface area contributed by atoms with Gasteiger partial charge in [0.05, 0.1) is 0 Å². The maximum atomic E-state index is 5.13. The third-order valence-corrected chi connectivity index (χ3v) is 8.57. The summed E-state index contributed by atoms with van der Waals surface area (Å²) in [6.45, 7) is 7.96. The molecule has 7 rings (SSSR count). The second kappa shape index (κ2) is 14.9. The molecule has 2 aliphatic rings. The lowest BCUT2D eigenvalue weighted by Crippen LogP contribution is -2.36. The minimum absolute atomic E-state index is 0. The molecule has 0 saturated carbocycles. The third kappa shape index (κ3) is 6.70. The molecule has 0 aromatic heterocycles. The van der Waals surface area contributed by atoms with E-state index in [0.717, 1.165) is 69.3 Å². The molecule has 1 aliphatic heterocycles.